The molecule has 2 atom stereocenters. The Morgan fingerprint density at radius 3 is 2.57 bits per heavy atom. The zero-order chi connectivity index (χ0) is 10.0. The van der Waals surface area contributed by atoms with Crippen LogP contribution in [0.3, 0.4) is 0 Å². The summed E-state index contributed by atoms with van der Waals surface area (Å²) in [6.45, 7) is 2.35. The second-order valence-corrected chi connectivity index (χ2v) is 3.56. The molecule has 1 aliphatic rings. The number of rotatable bonds is 3. The summed E-state index contributed by atoms with van der Waals surface area (Å²) in [6, 6.07) is 9.31. The molecule has 0 saturated carbocycles. The van der Waals surface area contributed by atoms with Crippen LogP contribution in [0.1, 0.15) is 18.9 Å². The molecule has 1 unspecified atom stereocenters. The molecule has 1 aromatic rings. The smallest absolute Gasteiger partial charge is 0.192 e. The lowest BCUT2D eigenvalue weighted by molar-refractivity contribution is -0.326. The third-order valence-corrected chi connectivity index (χ3v) is 2.33. The second-order valence-electron chi connectivity index (χ2n) is 3.56. The van der Waals surface area contributed by atoms with Gasteiger partial charge in [0.15, 0.2) is 12.1 Å². The SMILES string of the molecule is CC(O)(O[C@@H]1CCO1)c1ccccc1. The summed E-state index contributed by atoms with van der Waals surface area (Å²) in [7, 11) is 0. The van der Waals surface area contributed by atoms with Crippen molar-refractivity contribution in [1.29, 1.82) is 0 Å². The van der Waals surface area contributed by atoms with Gasteiger partial charge in [-0.2, -0.15) is 0 Å². The van der Waals surface area contributed by atoms with Gasteiger partial charge in [0.05, 0.1) is 6.61 Å². The average molecular weight is 194 g/mol. The van der Waals surface area contributed by atoms with Gasteiger partial charge in [0.25, 0.3) is 0 Å². The minimum absolute atomic E-state index is 0.259. The van der Waals surface area contributed by atoms with Gasteiger partial charge < -0.3 is 14.6 Å². The highest BCUT2D eigenvalue weighted by Crippen LogP contribution is 2.27. The Bertz CT molecular complexity index is 291. The highest BCUT2D eigenvalue weighted by Gasteiger charge is 2.31. The first kappa shape index (κ1) is 9.65. The van der Waals surface area contributed by atoms with Gasteiger partial charge in [0.2, 0.25) is 0 Å². The number of hydrogen-bond donors (Lipinski definition) is 1. The number of aliphatic hydroxyl groups is 1. The maximum absolute atomic E-state index is 10.0. The Morgan fingerprint density at radius 2 is 2.07 bits per heavy atom. The maximum Gasteiger partial charge on any atom is 0.192 e. The van der Waals surface area contributed by atoms with Crippen LogP contribution < -0.4 is 0 Å². The van der Waals surface area contributed by atoms with Gasteiger partial charge >= 0.3 is 0 Å². The monoisotopic (exact) mass is 194 g/mol. The number of hydrogen-bond acceptors (Lipinski definition) is 3. The van der Waals surface area contributed by atoms with Gasteiger partial charge in [0, 0.05) is 12.0 Å². The Morgan fingerprint density at radius 1 is 1.43 bits per heavy atom. The van der Waals surface area contributed by atoms with Gasteiger partial charge in [-0.25, -0.2) is 0 Å². The van der Waals surface area contributed by atoms with Crippen LogP contribution in [0.4, 0.5) is 0 Å². The predicted octanol–water partition coefficient (Wildman–Crippen LogP) is 1.61. The lowest BCUT2D eigenvalue weighted by Gasteiger charge is -2.34. The standard InChI is InChI=1S/C11H14O3/c1-11(12,14-10-7-8-13-10)9-5-3-2-4-6-9/h2-6,10,12H,7-8H2,1H3/t10-,11?/m1/s1. The molecule has 0 aromatic heterocycles. The maximum atomic E-state index is 10.0. The van der Waals surface area contributed by atoms with E-state index in [9.17, 15) is 5.11 Å². The zero-order valence-electron chi connectivity index (χ0n) is 8.14. The van der Waals surface area contributed by atoms with E-state index in [2.05, 4.69) is 0 Å². The number of benzene rings is 1. The Kier molecular flexibility index (Phi) is 2.54. The van der Waals surface area contributed by atoms with Crippen LogP contribution in [-0.2, 0) is 15.3 Å². The molecule has 0 amide bonds. The van der Waals surface area contributed by atoms with Crippen molar-refractivity contribution in [2.75, 3.05) is 6.61 Å². The molecule has 1 N–H and O–H groups in total. The van der Waals surface area contributed by atoms with Crippen LogP contribution in [0, 0.1) is 0 Å². The van der Waals surface area contributed by atoms with E-state index in [1.54, 1.807) is 6.92 Å². The van der Waals surface area contributed by atoms with E-state index in [0.29, 0.717) is 0 Å². The summed E-state index contributed by atoms with van der Waals surface area (Å²) in [6.07, 6.45) is 0.591. The molecule has 0 aliphatic carbocycles. The molecule has 0 radical (unpaired) electrons. The predicted molar refractivity (Wildman–Crippen MR) is 51.5 cm³/mol. The third kappa shape index (κ3) is 1.95. The average Bonchev–Trinajstić information content (AvgIpc) is 2.13. The Balaban J connectivity index is 2.06. The van der Waals surface area contributed by atoms with E-state index in [4.69, 9.17) is 9.47 Å². The van der Waals surface area contributed by atoms with Crippen LogP contribution >= 0.6 is 0 Å². The van der Waals surface area contributed by atoms with Crippen molar-refractivity contribution in [3.63, 3.8) is 0 Å². The molecule has 1 heterocycles. The van der Waals surface area contributed by atoms with Crippen molar-refractivity contribution < 1.29 is 14.6 Å². The molecule has 14 heavy (non-hydrogen) atoms. The Hall–Kier alpha value is -0.900. The van der Waals surface area contributed by atoms with Crippen LogP contribution in [0.5, 0.6) is 0 Å². The van der Waals surface area contributed by atoms with Gasteiger partial charge in [-0.1, -0.05) is 30.3 Å². The molecule has 1 aromatic carbocycles. The molecule has 0 bridgehead atoms. The first-order valence-corrected chi connectivity index (χ1v) is 4.76. The molecular weight excluding hydrogens is 180 g/mol. The summed E-state index contributed by atoms with van der Waals surface area (Å²) in [5.74, 6) is -1.26. The topological polar surface area (TPSA) is 38.7 Å². The molecule has 0 spiro atoms. The molecule has 76 valence electrons. The van der Waals surface area contributed by atoms with E-state index in [-0.39, 0.29) is 6.29 Å². The molecule has 3 nitrogen and oxygen atoms in total. The lowest BCUT2D eigenvalue weighted by atomic mass is 10.1. The Labute approximate surface area is 83.3 Å². The third-order valence-electron chi connectivity index (χ3n) is 2.33. The van der Waals surface area contributed by atoms with Crippen molar-refractivity contribution >= 4 is 0 Å². The molecule has 2 rings (SSSR count). The minimum atomic E-state index is -1.26. The van der Waals surface area contributed by atoms with Crippen LogP contribution in [-0.4, -0.2) is 18.0 Å². The highest BCUT2D eigenvalue weighted by atomic mass is 16.8. The summed E-state index contributed by atoms with van der Waals surface area (Å²) >= 11 is 0. The van der Waals surface area contributed by atoms with Crippen molar-refractivity contribution in [1.82, 2.24) is 0 Å². The molecular formula is C11H14O3. The lowest BCUT2D eigenvalue weighted by Crippen LogP contribution is -2.38. The van der Waals surface area contributed by atoms with Crippen LogP contribution in [0.15, 0.2) is 30.3 Å². The summed E-state index contributed by atoms with van der Waals surface area (Å²) < 4.78 is 10.5. The number of ether oxygens (including phenoxy) is 2. The second kappa shape index (κ2) is 3.69. The van der Waals surface area contributed by atoms with Crippen LogP contribution in [0.25, 0.3) is 0 Å². The molecule has 1 saturated heterocycles. The minimum Gasteiger partial charge on any atom is -0.362 e. The zero-order valence-corrected chi connectivity index (χ0v) is 8.14. The molecule has 1 aliphatic heterocycles. The highest BCUT2D eigenvalue weighted by molar-refractivity contribution is 5.19. The van der Waals surface area contributed by atoms with Crippen molar-refractivity contribution in [2.24, 2.45) is 0 Å². The van der Waals surface area contributed by atoms with Gasteiger partial charge in [-0.15, -0.1) is 0 Å². The van der Waals surface area contributed by atoms with E-state index in [1.807, 2.05) is 30.3 Å². The fourth-order valence-corrected chi connectivity index (χ4v) is 1.38. The first-order chi connectivity index (χ1) is 6.68. The summed E-state index contributed by atoms with van der Waals surface area (Å²) in [5.41, 5.74) is 0.746. The first-order valence-electron chi connectivity index (χ1n) is 4.76. The fourth-order valence-electron chi connectivity index (χ4n) is 1.38. The largest absolute Gasteiger partial charge is 0.362 e. The molecule has 3 heteroatoms. The normalized spacial score (nSPS) is 25.1. The van der Waals surface area contributed by atoms with Gasteiger partial charge in [0.1, 0.15) is 0 Å². The quantitative estimate of drug-likeness (QED) is 0.743. The van der Waals surface area contributed by atoms with E-state index in [0.717, 1.165) is 18.6 Å². The van der Waals surface area contributed by atoms with Gasteiger partial charge in [-0.3, -0.25) is 0 Å². The van der Waals surface area contributed by atoms with E-state index >= 15 is 0 Å². The van der Waals surface area contributed by atoms with Crippen molar-refractivity contribution in [2.45, 2.75) is 25.4 Å². The summed E-state index contributed by atoms with van der Waals surface area (Å²) in [4.78, 5) is 0. The van der Waals surface area contributed by atoms with E-state index in [1.165, 1.54) is 0 Å². The van der Waals surface area contributed by atoms with E-state index < -0.39 is 5.79 Å². The van der Waals surface area contributed by atoms with Crippen molar-refractivity contribution in [3.05, 3.63) is 35.9 Å². The van der Waals surface area contributed by atoms with Crippen molar-refractivity contribution in [3.8, 4) is 0 Å². The van der Waals surface area contributed by atoms with Crippen LogP contribution in [0.2, 0.25) is 0 Å². The summed E-state index contributed by atoms with van der Waals surface area (Å²) in [5, 5.41) is 10.0. The molecule has 1 fully saturated rings. The fraction of sp³-hybridized carbons (Fsp3) is 0.455. The van der Waals surface area contributed by atoms with Gasteiger partial charge in [-0.05, 0) is 6.92 Å².